The molecule has 1 atom stereocenters. The van der Waals surface area contributed by atoms with Crippen molar-refractivity contribution in [3.63, 3.8) is 0 Å². The van der Waals surface area contributed by atoms with E-state index in [0.717, 1.165) is 6.04 Å². The zero-order valence-electron chi connectivity index (χ0n) is 15.2. The predicted molar refractivity (Wildman–Crippen MR) is 92.8 cm³/mol. The molecule has 1 aliphatic carbocycles. The van der Waals surface area contributed by atoms with E-state index < -0.39 is 0 Å². The predicted octanol–water partition coefficient (Wildman–Crippen LogP) is 4.59. The van der Waals surface area contributed by atoms with Gasteiger partial charge in [-0.1, -0.05) is 60.3 Å². The van der Waals surface area contributed by atoms with Crippen LogP contribution in [0.15, 0.2) is 0 Å². The Balaban J connectivity index is 2.19. The summed E-state index contributed by atoms with van der Waals surface area (Å²) in [5, 5.41) is 3.93. The van der Waals surface area contributed by atoms with Gasteiger partial charge in [0.1, 0.15) is 0 Å². The minimum atomic E-state index is 0.355. The van der Waals surface area contributed by atoms with Crippen molar-refractivity contribution in [3.05, 3.63) is 0 Å². The Hall–Kier alpha value is -0.0800. The lowest BCUT2D eigenvalue weighted by molar-refractivity contribution is -0.0152. The third-order valence-corrected chi connectivity index (χ3v) is 6.20. The van der Waals surface area contributed by atoms with E-state index in [1.165, 1.54) is 64.5 Å². The van der Waals surface area contributed by atoms with Crippen LogP contribution in [-0.2, 0) is 0 Å². The topological polar surface area (TPSA) is 15.3 Å². The summed E-state index contributed by atoms with van der Waals surface area (Å²) in [6.07, 6.45) is 11.2. The molecule has 2 rings (SSSR count). The van der Waals surface area contributed by atoms with Crippen LogP contribution in [0.1, 0.15) is 86.0 Å². The third-order valence-electron chi connectivity index (χ3n) is 6.20. The maximum Gasteiger partial charge on any atom is 0.0304 e. The molecule has 1 aliphatic heterocycles. The van der Waals surface area contributed by atoms with Crippen LogP contribution in [-0.4, -0.2) is 35.6 Å². The standard InChI is InChI=1S/C19H38N2/c1-6-19(7-2)15-21(16-12-10-8-9-11-13-16)17(14-20-19)18(3,4)5/h16-17,20H,6-15H2,1-5H3. The van der Waals surface area contributed by atoms with Crippen molar-refractivity contribution in [2.45, 2.75) is 104 Å². The Morgan fingerprint density at radius 2 is 1.57 bits per heavy atom. The maximum atomic E-state index is 3.93. The third kappa shape index (κ3) is 4.01. The lowest BCUT2D eigenvalue weighted by atomic mass is 9.78. The van der Waals surface area contributed by atoms with E-state index in [2.05, 4.69) is 44.8 Å². The van der Waals surface area contributed by atoms with Crippen LogP contribution in [0.2, 0.25) is 0 Å². The molecular weight excluding hydrogens is 256 g/mol. The van der Waals surface area contributed by atoms with E-state index >= 15 is 0 Å². The van der Waals surface area contributed by atoms with E-state index in [-0.39, 0.29) is 0 Å². The lowest BCUT2D eigenvalue weighted by Crippen LogP contribution is -2.68. The number of hydrogen-bond acceptors (Lipinski definition) is 2. The van der Waals surface area contributed by atoms with Gasteiger partial charge in [0.15, 0.2) is 0 Å². The van der Waals surface area contributed by atoms with Gasteiger partial charge in [-0.2, -0.15) is 0 Å². The van der Waals surface area contributed by atoms with Gasteiger partial charge in [0.25, 0.3) is 0 Å². The summed E-state index contributed by atoms with van der Waals surface area (Å²) in [7, 11) is 0. The first kappa shape index (κ1) is 17.3. The van der Waals surface area contributed by atoms with Gasteiger partial charge in [-0.25, -0.2) is 0 Å². The average molecular weight is 295 g/mol. The molecule has 1 heterocycles. The quantitative estimate of drug-likeness (QED) is 0.766. The zero-order valence-corrected chi connectivity index (χ0v) is 15.2. The normalized spacial score (nSPS) is 29.3. The van der Waals surface area contributed by atoms with Crippen molar-refractivity contribution >= 4 is 0 Å². The zero-order chi connectivity index (χ0) is 15.5. The Morgan fingerprint density at radius 3 is 2.05 bits per heavy atom. The number of rotatable bonds is 3. The molecule has 2 aliphatic rings. The van der Waals surface area contributed by atoms with E-state index in [4.69, 9.17) is 0 Å². The van der Waals surface area contributed by atoms with Crippen LogP contribution in [0.3, 0.4) is 0 Å². The first-order valence-electron chi connectivity index (χ1n) is 9.42. The van der Waals surface area contributed by atoms with Crippen molar-refractivity contribution in [3.8, 4) is 0 Å². The van der Waals surface area contributed by atoms with Crippen molar-refractivity contribution in [1.82, 2.24) is 10.2 Å². The van der Waals surface area contributed by atoms with Crippen LogP contribution < -0.4 is 5.32 Å². The monoisotopic (exact) mass is 294 g/mol. The maximum absolute atomic E-state index is 3.93. The summed E-state index contributed by atoms with van der Waals surface area (Å²) in [4.78, 5) is 2.93. The van der Waals surface area contributed by atoms with Gasteiger partial charge in [-0.15, -0.1) is 0 Å². The molecule has 124 valence electrons. The summed E-state index contributed by atoms with van der Waals surface area (Å²) in [6, 6.07) is 1.52. The minimum Gasteiger partial charge on any atom is -0.308 e. The SMILES string of the molecule is CCC1(CC)CN(C2CCCCCC2)C(C(C)(C)C)CN1. The van der Waals surface area contributed by atoms with E-state index in [0.29, 0.717) is 17.0 Å². The fourth-order valence-corrected chi connectivity index (χ4v) is 4.45. The van der Waals surface area contributed by atoms with Gasteiger partial charge in [0, 0.05) is 30.7 Å². The van der Waals surface area contributed by atoms with Crippen molar-refractivity contribution in [1.29, 1.82) is 0 Å². The number of nitrogens with zero attached hydrogens (tertiary/aromatic N) is 1. The fourth-order valence-electron chi connectivity index (χ4n) is 4.45. The van der Waals surface area contributed by atoms with Gasteiger partial charge >= 0.3 is 0 Å². The summed E-state index contributed by atoms with van der Waals surface area (Å²) in [5.74, 6) is 0. The minimum absolute atomic E-state index is 0.355. The van der Waals surface area contributed by atoms with Gasteiger partial charge in [0.2, 0.25) is 0 Å². The highest BCUT2D eigenvalue weighted by Gasteiger charge is 2.43. The van der Waals surface area contributed by atoms with Crippen molar-refractivity contribution in [2.75, 3.05) is 13.1 Å². The van der Waals surface area contributed by atoms with Gasteiger partial charge in [0.05, 0.1) is 0 Å². The molecule has 1 unspecified atom stereocenters. The Bertz CT molecular complexity index is 306. The van der Waals surface area contributed by atoms with Crippen LogP contribution in [0.5, 0.6) is 0 Å². The Kier molecular flexibility index (Phi) is 5.76. The lowest BCUT2D eigenvalue weighted by Gasteiger charge is -2.54. The summed E-state index contributed by atoms with van der Waals surface area (Å²) >= 11 is 0. The molecule has 0 aromatic rings. The molecule has 0 aromatic heterocycles. The van der Waals surface area contributed by atoms with Crippen LogP contribution in [0, 0.1) is 5.41 Å². The highest BCUT2D eigenvalue weighted by Crippen LogP contribution is 2.35. The van der Waals surface area contributed by atoms with Crippen LogP contribution >= 0.6 is 0 Å². The molecule has 0 spiro atoms. The molecule has 1 saturated carbocycles. The first-order valence-corrected chi connectivity index (χ1v) is 9.42. The smallest absolute Gasteiger partial charge is 0.0304 e. The highest BCUT2D eigenvalue weighted by atomic mass is 15.3. The highest BCUT2D eigenvalue weighted by molar-refractivity contribution is 5.01. The van der Waals surface area contributed by atoms with Crippen molar-refractivity contribution < 1.29 is 0 Å². The van der Waals surface area contributed by atoms with E-state index in [1.54, 1.807) is 0 Å². The molecule has 0 amide bonds. The number of piperazine rings is 1. The van der Waals surface area contributed by atoms with Gasteiger partial charge in [-0.05, 0) is 31.1 Å². The van der Waals surface area contributed by atoms with Crippen LogP contribution in [0.4, 0.5) is 0 Å². The second-order valence-corrected chi connectivity index (χ2v) is 8.57. The molecule has 2 nitrogen and oxygen atoms in total. The van der Waals surface area contributed by atoms with E-state index in [9.17, 15) is 0 Å². The summed E-state index contributed by atoms with van der Waals surface area (Å²) in [5.41, 5.74) is 0.723. The summed E-state index contributed by atoms with van der Waals surface area (Å²) in [6.45, 7) is 14.4. The second kappa shape index (κ2) is 7.00. The number of hydrogen-bond donors (Lipinski definition) is 1. The molecule has 0 bridgehead atoms. The van der Waals surface area contributed by atoms with Crippen molar-refractivity contribution in [2.24, 2.45) is 5.41 Å². The molecule has 2 heteroatoms. The first-order chi connectivity index (χ1) is 9.92. The second-order valence-electron chi connectivity index (χ2n) is 8.57. The Labute approximate surface area is 133 Å². The summed E-state index contributed by atoms with van der Waals surface area (Å²) < 4.78 is 0. The fraction of sp³-hybridized carbons (Fsp3) is 1.00. The van der Waals surface area contributed by atoms with E-state index in [1.807, 2.05) is 0 Å². The number of nitrogens with one attached hydrogen (secondary N) is 1. The molecular formula is C19H38N2. The molecule has 1 N–H and O–H groups in total. The molecule has 0 radical (unpaired) electrons. The largest absolute Gasteiger partial charge is 0.308 e. The molecule has 2 fully saturated rings. The van der Waals surface area contributed by atoms with Crippen LogP contribution in [0.25, 0.3) is 0 Å². The molecule has 21 heavy (non-hydrogen) atoms. The Morgan fingerprint density at radius 1 is 1.00 bits per heavy atom. The van der Waals surface area contributed by atoms with Gasteiger partial charge < -0.3 is 5.32 Å². The van der Waals surface area contributed by atoms with Gasteiger partial charge in [-0.3, -0.25) is 4.90 Å². The average Bonchev–Trinajstić information content (AvgIpc) is 2.74. The molecule has 1 saturated heterocycles. The molecule has 0 aromatic carbocycles.